The number of hydrogen-bond donors (Lipinski definition) is 0. The van der Waals surface area contributed by atoms with Crippen LogP contribution in [0, 0.1) is 5.41 Å². The number of imide groups is 2. The van der Waals surface area contributed by atoms with E-state index in [0.717, 1.165) is 11.3 Å². The monoisotopic (exact) mass is 320 g/mol. The fourth-order valence-corrected chi connectivity index (χ4v) is 3.41. The highest BCUT2D eigenvalue weighted by molar-refractivity contribution is 6.25. The molecule has 1 aliphatic rings. The summed E-state index contributed by atoms with van der Waals surface area (Å²) in [7, 11) is 6.09. The molecule has 1 fully saturated rings. The Morgan fingerprint density at radius 3 is 1.70 bits per heavy atom. The van der Waals surface area contributed by atoms with Gasteiger partial charge in [-0.25, -0.2) is 4.79 Å². The maximum absolute atomic E-state index is 13.1. The van der Waals surface area contributed by atoms with E-state index in [1.54, 1.807) is 13.8 Å². The number of carbonyl (C=O) groups is 3. The van der Waals surface area contributed by atoms with Gasteiger partial charge in [0.1, 0.15) is 13.3 Å². The molecule has 2 radical (unpaired) electrons. The average Bonchev–Trinajstić information content (AvgIpc) is 2.37. The molecule has 1 rings (SSSR count). The van der Waals surface area contributed by atoms with Crippen LogP contribution in [0.2, 0.25) is 0 Å². The molecule has 4 amide bonds. The smallest absolute Gasteiger partial charge is 0.273 e. The summed E-state index contributed by atoms with van der Waals surface area (Å²) in [6, 6.07) is -0.608. The minimum Gasteiger partial charge on any atom is -0.273 e. The third-order valence-electron chi connectivity index (χ3n) is 4.86. The molecule has 0 aromatic carbocycles. The third kappa shape index (κ3) is 3.04. The first-order valence-corrected chi connectivity index (χ1v) is 8.42. The highest BCUT2D eigenvalue weighted by Gasteiger charge is 2.59. The van der Waals surface area contributed by atoms with Gasteiger partial charge < -0.3 is 0 Å². The predicted molar refractivity (Wildman–Crippen MR) is 90.9 cm³/mol. The second kappa shape index (κ2) is 6.29. The van der Waals surface area contributed by atoms with Crippen LogP contribution in [0.15, 0.2) is 0 Å². The van der Waals surface area contributed by atoms with Crippen LogP contribution in [0.4, 0.5) is 4.79 Å². The molecule has 6 heteroatoms. The maximum atomic E-state index is 13.1. The second-order valence-corrected chi connectivity index (χ2v) is 7.57. The first-order valence-electron chi connectivity index (χ1n) is 8.42. The number of amides is 4. The number of nitrogens with zero attached hydrogens (tertiary/aromatic N) is 2. The molecule has 5 nitrogen and oxygen atoms in total. The minimum absolute atomic E-state index is 0.347. The summed E-state index contributed by atoms with van der Waals surface area (Å²) in [4.78, 5) is 41.4. The summed E-state index contributed by atoms with van der Waals surface area (Å²) in [6.45, 7) is 12.6. The molecule has 0 spiro atoms. The average molecular weight is 320 g/mol. The predicted octanol–water partition coefficient (Wildman–Crippen LogP) is 3.07. The van der Waals surface area contributed by atoms with Crippen molar-refractivity contribution in [1.82, 2.24) is 9.80 Å². The molecule has 0 atom stereocenters. The van der Waals surface area contributed by atoms with Gasteiger partial charge in [-0.2, -0.15) is 0 Å². The molecule has 0 N–H and O–H groups in total. The minimum atomic E-state index is -1.21. The van der Waals surface area contributed by atoms with E-state index in [1.807, 2.05) is 34.6 Å². The second-order valence-electron chi connectivity index (χ2n) is 7.57. The molecule has 1 saturated heterocycles. The van der Waals surface area contributed by atoms with Gasteiger partial charge in [0.05, 0.1) is 0 Å². The lowest BCUT2D eigenvalue weighted by Gasteiger charge is -2.52. The lowest BCUT2D eigenvalue weighted by Crippen LogP contribution is -2.72. The summed E-state index contributed by atoms with van der Waals surface area (Å²) in [5.74, 6) is -0.870. The third-order valence-corrected chi connectivity index (χ3v) is 4.86. The van der Waals surface area contributed by atoms with E-state index in [-0.39, 0.29) is 0 Å². The van der Waals surface area contributed by atoms with Crippen molar-refractivity contribution in [2.45, 2.75) is 85.1 Å². The van der Waals surface area contributed by atoms with Crippen molar-refractivity contribution in [3.8, 4) is 0 Å². The Hall–Kier alpha value is -1.33. The first kappa shape index (κ1) is 19.7. The Bertz CT molecular complexity index is 504. The molecule has 0 aromatic heterocycles. The van der Waals surface area contributed by atoms with E-state index in [9.17, 15) is 14.4 Å². The topological polar surface area (TPSA) is 57.7 Å². The van der Waals surface area contributed by atoms with Crippen LogP contribution in [-0.2, 0) is 9.59 Å². The normalized spacial score (nSPS) is 19.5. The van der Waals surface area contributed by atoms with Gasteiger partial charge >= 0.3 is 6.03 Å². The molecule has 0 aliphatic carbocycles. The lowest BCUT2D eigenvalue weighted by molar-refractivity contribution is -0.165. The summed E-state index contributed by atoms with van der Waals surface area (Å²) in [5.41, 5.74) is -3.04. The Labute approximate surface area is 141 Å². The van der Waals surface area contributed by atoms with Crippen LogP contribution in [0.25, 0.3) is 0 Å². The largest absolute Gasteiger partial charge is 0.333 e. The van der Waals surface area contributed by atoms with Crippen molar-refractivity contribution >= 4 is 25.7 Å². The number of rotatable bonds is 6. The van der Waals surface area contributed by atoms with Crippen molar-refractivity contribution < 1.29 is 14.4 Å². The molecular weight excluding hydrogens is 291 g/mol. The molecule has 0 aromatic rings. The standard InChI is InChI=1S/C17H29BN2O3/c1-8-11-15(4,5)19-12(21)17(9-2,10-3)13(22)20(14(19)23)16(6,7)18/h8-11H2,1-7H3. The van der Waals surface area contributed by atoms with Crippen LogP contribution in [-0.4, -0.2) is 46.5 Å². The summed E-state index contributed by atoms with van der Waals surface area (Å²) in [6.07, 6.45) is 2.19. The van der Waals surface area contributed by atoms with Gasteiger partial charge in [-0.05, 0) is 33.1 Å². The van der Waals surface area contributed by atoms with Gasteiger partial charge in [0, 0.05) is 11.0 Å². The van der Waals surface area contributed by atoms with E-state index in [2.05, 4.69) is 0 Å². The number of carbonyl (C=O) groups excluding carboxylic acids is 3. The molecule has 1 aliphatic heterocycles. The Morgan fingerprint density at radius 2 is 1.35 bits per heavy atom. The molecule has 0 bridgehead atoms. The fraction of sp³-hybridized carbons (Fsp3) is 0.824. The zero-order chi connectivity index (χ0) is 18.2. The van der Waals surface area contributed by atoms with Crippen molar-refractivity contribution in [3.63, 3.8) is 0 Å². The van der Waals surface area contributed by atoms with E-state index in [1.165, 1.54) is 4.90 Å². The van der Waals surface area contributed by atoms with Crippen LogP contribution in [0.1, 0.15) is 74.1 Å². The van der Waals surface area contributed by atoms with E-state index >= 15 is 0 Å². The first-order chi connectivity index (χ1) is 10.4. The molecule has 0 unspecified atom stereocenters. The Kier molecular flexibility index (Phi) is 5.39. The molecule has 1 heterocycles. The van der Waals surface area contributed by atoms with Gasteiger partial charge in [0.2, 0.25) is 11.8 Å². The van der Waals surface area contributed by atoms with E-state index in [4.69, 9.17) is 7.85 Å². The fourth-order valence-electron chi connectivity index (χ4n) is 3.41. The maximum Gasteiger partial charge on any atom is 0.333 e. The van der Waals surface area contributed by atoms with Gasteiger partial charge in [0.25, 0.3) is 0 Å². The van der Waals surface area contributed by atoms with Crippen molar-refractivity contribution in [3.05, 3.63) is 0 Å². The van der Waals surface area contributed by atoms with E-state index < -0.39 is 34.2 Å². The SMILES string of the molecule is [B]C(C)(C)N1C(=O)N(C(C)(C)CCC)C(=O)C(CC)(CC)C1=O. The molecule has 128 valence electrons. The zero-order valence-corrected chi connectivity index (χ0v) is 15.5. The number of urea groups is 1. The zero-order valence-electron chi connectivity index (χ0n) is 15.5. The van der Waals surface area contributed by atoms with Gasteiger partial charge in [0.15, 0.2) is 0 Å². The summed E-state index contributed by atoms with van der Waals surface area (Å²) < 4.78 is 0. The quantitative estimate of drug-likeness (QED) is 0.558. The molecular formula is C17H29BN2O3. The highest BCUT2D eigenvalue weighted by Crippen LogP contribution is 2.41. The lowest BCUT2D eigenvalue weighted by atomic mass is 9.72. The number of hydrogen-bond acceptors (Lipinski definition) is 3. The summed E-state index contributed by atoms with van der Waals surface area (Å²) >= 11 is 0. The van der Waals surface area contributed by atoms with Crippen molar-refractivity contribution in [1.29, 1.82) is 0 Å². The van der Waals surface area contributed by atoms with E-state index in [0.29, 0.717) is 19.3 Å². The van der Waals surface area contributed by atoms with Crippen LogP contribution in [0.5, 0.6) is 0 Å². The van der Waals surface area contributed by atoms with Crippen LogP contribution < -0.4 is 0 Å². The number of barbiturate groups is 1. The highest BCUT2D eigenvalue weighted by atomic mass is 16.2. The Morgan fingerprint density at radius 1 is 0.913 bits per heavy atom. The van der Waals surface area contributed by atoms with Gasteiger partial charge in [-0.1, -0.05) is 41.0 Å². The van der Waals surface area contributed by atoms with Crippen molar-refractivity contribution in [2.24, 2.45) is 5.41 Å². The van der Waals surface area contributed by atoms with Crippen molar-refractivity contribution in [2.75, 3.05) is 0 Å². The van der Waals surface area contributed by atoms with Crippen LogP contribution >= 0.6 is 0 Å². The van der Waals surface area contributed by atoms with Gasteiger partial charge in [-0.3, -0.25) is 19.4 Å². The van der Waals surface area contributed by atoms with Gasteiger partial charge in [-0.15, -0.1) is 0 Å². The van der Waals surface area contributed by atoms with Crippen LogP contribution in [0.3, 0.4) is 0 Å². The molecule has 0 saturated carbocycles. The Balaban J connectivity index is 3.56. The molecule has 23 heavy (non-hydrogen) atoms. The summed E-state index contributed by atoms with van der Waals surface area (Å²) in [5, 5.41) is 0.